The lowest BCUT2D eigenvalue weighted by molar-refractivity contribution is 0.0980. The SMILES string of the molecule is O=C(NS(=O)(=O)c1ccccc1)c1ccc(-c2ccc3c(c2)CC[C@H](CNC[C@H](O)COc2ccccc2)O3)cc1. The molecule has 8 nitrogen and oxygen atoms in total. The molecule has 1 aliphatic heterocycles. The molecule has 2 atom stereocenters. The van der Waals surface area contributed by atoms with E-state index < -0.39 is 22.0 Å². The molecule has 0 fully saturated rings. The number of aliphatic hydroxyl groups excluding tert-OH is 1. The van der Waals surface area contributed by atoms with Crippen molar-refractivity contribution in [2.45, 2.75) is 29.9 Å². The summed E-state index contributed by atoms with van der Waals surface area (Å²) in [6, 6.07) is 30.0. The molecule has 212 valence electrons. The third-order valence-corrected chi connectivity index (χ3v) is 8.14. The molecule has 0 bridgehead atoms. The molecule has 0 spiro atoms. The average Bonchev–Trinajstić information content (AvgIpc) is 3.00. The second-order valence-electron chi connectivity index (χ2n) is 9.86. The van der Waals surface area contributed by atoms with Crippen LogP contribution in [0, 0.1) is 0 Å². The maximum absolute atomic E-state index is 12.6. The zero-order valence-electron chi connectivity index (χ0n) is 22.4. The predicted molar refractivity (Wildman–Crippen MR) is 157 cm³/mol. The number of aliphatic hydroxyl groups is 1. The van der Waals surface area contributed by atoms with Crippen molar-refractivity contribution in [1.82, 2.24) is 10.0 Å². The number of hydrogen-bond donors (Lipinski definition) is 3. The minimum atomic E-state index is -3.94. The number of benzene rings is 4. The fourth-order valence-electron chi connectivity index (χ4n) is 4.60. The Hall–Kier alpha value is -4.18. The fourth-order valence-corrected chi connectivity index (χ4v) is 5.60. The molecule has 3 N–H and O–H groups in total. The lowest BCUT2D eigenvalue weighted by atomic mass is 9.96. The molecule has 0 aromatic heterocycles. The summed E-state index contributed by atoms with van der Waals surface area (Å²) in [5.41, 5.74) is 3.24. The Balaban J connectivity index is 1.12. The van der Waals surface area contributed by atoms with Gasteiger partial charge in [0.2, 0.25) is 0 Å². The Bertz CT molecular complexity index is 1560. The van der Waals surface area contributed by atoms with Crippen LogP contribution >= 0.6 is 0 Å². The standard InChI is InChI=1S/C32H32N2O6S/c35-27(22-39-28-7-3-1-4-8-28)20-33-21-29-17-15-26-19-25(16-18-31(26)40-29)23-11-13-24(14-12-23)32(36)34-41(37,38)30-9-5-2-6-10-30/h1-14,16,18-19,27,29,33,35H,15,17,20-22H2,(H,34,36)/t27-,29+/m0/s1. The van der Waals surface area contributed by atoms with E-state index in [1.807, 2.05) is 42.5 Å². The number of amides is 1. The van der Waals surface area contributed by atoms with Gasteiger partial charge in [-0.05, 0) is 78.1 Å². The van der Waals surface area contributed by atoms with Crippen LogP contribution in [0.15, 0.2) is 108 Å². The fraction of sp³-hybridized carbons (Fsp3) is 0.219. The maximum Gasteiger partial charge on any atom is 0.264 e. The van der Waals surface area contributed by atoms with Crippen molar-refractivity contribution in [1.29, 1.82) is 0 Å². The van der Waals surface area contributed by atoms with Crippen molar-refractivity contribution < 1.29 is 27.8 Å². The number of nitrogens with one attached hydrogen (secondary N) is 2. The van der Waals surface area contributed by atoms with Crippen LogP contribution in [-0.2, 0) is 16.4 Å². The number of para-hydroxylation sites is 1. The molecule has 5 rings (SSSR count). The number of fused-ring (bicyclic) bond motifs is 1. The number of hydrogen-bond acceptors (Lipinski definition) is 7. The molecule has 0 radical (unpaired) electrons. The molecular weight excluding hydrogens is 540 g/mol. The third-order valence-electron chi connectivity index (χ3n) is 6.79. The molecule has 41 heavy (non-hydrogen) atoms. The molecule has 1 heterocycles. The summed E-state index contributed by atoms with van der Waals surface area (Å²) < 4.78 is 38.8. The van der Waals surface area contributed by atoms with Crippen molar-refractivity contribution in [3.8, 4) is 22.6 Å². The number of ether oxygens (including phenoxy) is 2. The van der Waals surface area contributed by atoms with Gasteiger partial charge in [0.25, 0.3) is 15.9 Å². The van der Waals surface area contributed by atoms with Gasteiger partial charge in [0.05, 0.1) is 4.90 Å². The maximum atomic E-state index is 12.6. The highest BCUT2D eigenvalue weighted by Crippen LogP contribution is 2.32. The van der Waals surface area contributed by atoms with E-state index in [0.717, 1.165) is 41.0 Å². The van der Waals surface area contributed by atoms with Gasteiger partial charge in [-0.3, -0.25) is 4.79 Å². The van der Waals surface area contributed by atoms with E-state index in [2.05, 4.69) is 16.1 Å². The normalized spacial score (nSPS) is 15.3. The summed E-state index contributed by atoms with van der Waals surface area (Å²) >= 11 is 0. The highest BCUT2D eigenvalue weighted by molar-refractivity contribution is 7.90. The Morgan fingerprint density at radius 3 is 2.34 bits per heavy atom. The Kier molecular flexibility index (Phi) is 8.98. The van der Waals surface area contributed by atoms with E-state index in [1.54, 1.807) is 42.5 Å². The molecule has 0 saturated heterocycles. The van der Waals surface area contributed by atoms with Gasteiger partial charge in [0.15, 0.2) is 0 Å². The summed E-state index contributed by atoms with van der Waals surface area (Å²) in [5.74, 6) is 0.880. The number of aryl methyl sites for hydroxylation is 1. The minimum Gasteiger partial charge on any atom is -0.491 e. The van der Waals surface area contributed by atoms with E-state index in [-0.39, 0.29) is 23.2 Å². The molecule has 0 saturated carbocycles. The lowest BCUT2D eigenvalue weighted by Crippen LogP contribution is -2.39. The van der Waals surface area contributed by atoms with Crippen LogP contribution in [0.3, 0.4) is 0 Å². The van der Waals surface area contributed by atoms with Crippen molar-refractivity contribution >= 4 is 15.9 Å². The van der Waals surface area contributed by atoms with Crippen LogP contribution in [0.4, 0.5) is 0 Å². The quantitative estimate of drug-likeness (QED) is 0.247. The predicted octanol–water partition coefficient (Wildman–Crippen LogP) is 4.20. The van der Waals surface area contributed by atoms with E-state index >= 15 is 0 Å². The van der Waals surface area contributed by atoms with Crippen molar-refractivity contribution in [3.05, 3.63) is 114 Å². The zero-order valence-corrected chi connectivity index (χ0v) is 23.2. The molecule has 1 amide bonds. The van der Waals surface area contributed by atoms with Crippen LogP contribution in [0.1, 0.15) is 22.3 Å². The molecule has 0 unspecified atom stereocenters. The monoisotopic (exact) mass is 572 g/mol. The van der Waals surface area contributed by atoms with E-state index in [9.17, 15) is 18.3 Å². The first-order chi connectivity index (χ1) is 19.9. The smallest absolute Gasteiger partial charge is 0.264 e. The van der Waals surface area contributed by atoms with Gasteiger partial charge in [0.1, 0.15) is 30.3 Å². The van der Waals surface area contributed by atoms with Gasteiger partial charge in [-0.2, -0.15) is 0 Å². The molecule has 0 aliphatic carbocycles. The van der Waals surface area contributed by atoms with Gasteiger partial charge in [-0.15, -0.1) is 0 Å². The number of rotatable bonds is 11. The van der Waals surface area contributed by atoms with Crippen LogP contribution in [0.5, 0.6) is 11.5 Å². The molecule has 1 aliphatic rings. The van der Waals surface area contributed by atoms with E-state index in [1.165, 1.54) is 12.1 Å². The van der Waals surface area contributed by atoms with Crippen molar-refractivity contribution in [3.63, 3.8) is 0 Å². The van der Waals surface area contributed by atoms with Gasteiger partial charge in [-0.25, -0.2) is 13.1 Å². The van der Waals surface area contributed by atoms with Crippen LogP contribution in [-0.4, -0.2) is 51.3 Å². The second-order valence-corrected chi connectivity index (χ2v) is 11.5. The number of carbonyl (C=O) groups is 1. The van der Waals surface area contributed by atoms with Gasteiger partial charge >= 0.3 is 0 Å². The van der Waals surface area contributed by atoms with E-state index in [4.69, 9.17) is 9.47 Å². The highest BCUT2D eigenvalue weighted by Gasteiger charge is 2.21. The van der Waals surface area contributed by atoms with Crippen LogP contribution in [0.2, 0.25) is 0 Å². The topological polar surface area (TPSA) is 114 Å². The van der Waals surface area contributed by atoms with Gasteiger partial charge < -0.3 is 19.9 Å². The van der Waals surface area contributed by atoms with Crippen LogP contribution < -0.4 is 19.5 Å². The Labute approximate surface area is 240 Å². The first kappa shape index (κ1) is 28.4. The average molecular weight is 573 g/mol. The zero-order chi connectivity index (χ0) is 28.7. The molecule has 9 heteroatoms. The molecule has 4 aromatic carbocycles. The number of carbonyl (C=O) groups excluding carboxylic acids is 1. The summed E-state index contributed by atoms with van der Waals surface area (Å²) in [6.07, 6.45) is 1.07. The van der Waals surface area contributed by atoms with Gasteiger partial charge in [0, 0.05) is 18.7 Å². The molecular formula is C32H32N2O6S. The summed E-state index contributed by atoms with van der Waals surface area (Å²) in [7, 11) is -3.94. The van der Waals surface area contributed by atoms with Gasteiger partial charge in [-0.1, -0.05) is 54.6 Å². The lowest BCUT2D eigenvalue weighted by Gasteiger charge is -2.27. The second kappa shape index (κ2) is 13.0. The summed E-state index contributed by atoms with van der Waals surface area (Å²) in [6.45, 7) is 1.24. The summed E-state index contributed by atoms with van der Waals surface area (Å²) in [4.78, 5) is 12.6. The number of sulfonamides is 1. The summed E-state index contributed by atoms with van der Waals surface area (Å²) in [5, 5.41) is 13.5. The highest BCUT2D eigenvalue weighted by atomic mass is 32.2. The van der Waals surface area contributed by atoms with Crippen molar-refractivity contribution in [2.24, 2.45) is 0 Å². The minimum absolute atomic E-state index is 0.000512. The van der Waals surface area contributed by atoms with E-state index in [0.29, 0.717) is 13.1 Å². The van der Waals surface area contributed by atoms with Crippen LogP contribution in [0.25, 0.3) is 11.1 Å². The Morgan fingerprint density at radius 1 is 0.927 bits per heavy atom. The third kappa shape index (κ3) is 7.52. The first-order valence-electron chi connectivity index (χ1n) is 13.5. The largest absolute Gasteiger partial charge is 0.491 e. The first-order valence-corrected chi connectivity index (χ1v) is 14.9. The molecule has 4 aromatic rings. The Morgan fingerprint density at radius 2 is 1.61 bits per heavy atom. The van der Waals surface area contributed by atoms with Crippen molar-refractivity contribution in [2.75, 3.05) is 19.7 Å².